The summed E-state index contributed by atoms with van der Waals surface area (Å²) in [5.74, 6) is 0. The van der Waals surface area contributed by atoms with Gasteiger partial charge in [0.05, 0.1) is 13.2 Å². The van der Waals surface area contributed by atoms with E-state index in [1.54, 1.807) is 7.11 Å². The molecule has 1 aliphatic heterocycles. The third kappa shape index (κ3) is 7.17. The summed E-state index contributed by atoms with van der Waals surface area (Å²) in [6.45, 7) is 5.64. The van der Waals surface area contributed by atoms with Crippen molar-refractivity contribution in [2.24, 2.45) is 0 Å². The first-order valence-electron chi connectivity index (χ1n) is 6.44. The molecule has 1 rings (SSSR count). The summed E-state index contributed by atoms with van der Waals surface area (Å²) >= 11 is 0. The van der Waals surface area contributed by atoms with Crippen LogP contribution in [0, 0.1) is 0 Å². The second-order valence-corrected chi connectivity index (χ2v) is 4.29. The minimum atomic E-state index is 0.696. The summed E-state index contributed by atoms with van der Waals surface area (Å²) in [4.78, 5) is 0. The van der Waals surface area contributed by atoms with Crippen molar-refractivity contribution in [2.75, 3.05) is 46.6 Å². The molecule has 1 unspecified atom stereocenters. The molecule has 0 saturated carbocycles. The SMILES string of the molecule is COCCOCCCNC1CCCNCC1. The summed E-state index contributed by atoms with van der Waals surface area (Å²) in [6.07, 6.45) is 4.94. The van der Waals surface area contributed by atoms with Crippen LogP contribution in [0.4, 0.5) is 0 Å². The first-order valence-corrected chi connectivity index (χ1v) is 6.44. The van der Waals surface area contributed by atoms with Crippen LogP contribution in [-0.4, -0.2) is 52.6 Å². The van der Waals surface area contributed by atoms with E-state index in [9.17, 15) is 0 Å². The Labute approximate surface area is 99.1 Å². The van der Waals surface area contributed by atoms with Crippen molar-refractivity contribution in [1.82, 2.24) is 10.6 Å². The quantitative estimate of drug-likeness (QED) is 0.605. The van der Waals surface area contributed by atoms with Gasteiger partial charge in [0.25, 0.3) is 0 Å². The lowest BCUT2D eigenvalue weighted by atomic mass is 10.1. The molecule has 1 heterocycles. The molecule has 1 fully saturated rings. The Kier molecular flexibility index (Phi) is 8.71. The molecule has 0 radical (unpaired) electrons. The van der Waals surface area contributed by atoms with Crippen LogP contribution >= 0.6 is 0 Å². The molecular formula is C12H26N2O2. The molecule has 0 spiro atoms. The maximum absolute atomic E-state index is 5.41. The summed E-state index contributed by atoms with van der Waals surface area (Å²) in [7, 11) is 1.70. The fourth-order valence-corrected chi connectivity index (χ4v) is 1.95. The zero-order valence-corrected chi connectivity index (χ0v) is 10.5. The van der Waals surface area contributed by atoms with E-state index >= 15 is 0 Å². The van der Waals surface area contributed by atoms with Gasteiger partial charge in [0.2, 0.25) is 0 Å². The van der Waals surface area contributed by atoms with E-state index < -0.39 is 0 Å². The van der Waals surface area contributed by atoms with E-state index in [4.69, 9.17) is 9.47 Å². The molecular weight excluding hydrogens is 204 g/mol. The van der Waals surface area contributed by atoms with Gasteiger partial charge < -0.3 is 20.1 Å². The first-order chi connectivity index (χ1) is 7.93. The fraction of sp³-hybridized carbons (Fsp3) is 1.00. The van der Waals surface area contributed by atoms with E-state index in [0.29, 0.717) is 19.3 Å². The molecule has 1 aliphatic rings. The molecule has 0 aromatic rings. The third-order valence-electron chi connectivity index (χ3n) is 2.91. The van der Waals surface area contributed by atoms with Crippen LogP contribution in [0.15, 0.2) is 0 Å². The average molecular weight is 230 g/mol. The monoisotopic (exact) mass is 230 g/mol. The number of methoxy groups -OCH3 is 1. The van der Waals surface area contributed by atoms with Gasteiger partial charge in [0.1, 0.15) is 0 Å². The molecule has 0 aromatic carbocycles. The van der Waals surface area contributed by atoms with Gasteiger partial charge in [0.15, 0.2) is 0 Å². The minimum absolute atomic E-state index is 0.696. The Morgan fingerprint density at radius 1 is 1.19 bits per heavy atom. The smallest absolute Gasteiger partial charge is 0.0700 e. The molecule has 0 amide bonds. The van der Waals surface area contributed by atoms with Gasteiger partial charge in [-0.1, -0.05) is 0 Å². The molecule has 0 aromatic heterocycles. The van der Waals surface area contributed by atoms with Crippen molar-refractivity contribution in [3.05, 3.63) is 0 Å². The van der Waals surface area contributed by atoms with E-state index in [1.807, 2.05) is 0 Å². The van der Waals surface area contributed by atoms with E-state index in [1.165, 1.54) is 25.8 Å². The number of rotatable bonds is 8. The summed E-state index contributed by atoms with van der Waals surface area (Å²) in [5.41, 5.74) is 0. The standard InChI is InChI=1S/C12H26N2O2/c1-15-10-11-16-9-3-7-14-12-4-2-6-13-8-5-12/h12-14H,2-11H2,1H3. The minimum Gasteiger partial charge on any atom is -0.382 e. The molecule has 4 heteroatoms. The van der Waals surface area contributed by atoms with E-state index in [0.717, 1.165) is 26.1 Å². The maximum Gasteiger partial charge on any atom is 0.0700 e. The second-order valence-electron chi connectivity index (χ2n) is 4.29. The number of hydrogen-bond acceptors (Lipinski definition) is 4. The zero-order chi connectivity index (χ0) is 11.5. The van der Waals surface area contributed by atoms with Gasteiger partial charge in [0, 0.05) is 19.8 Å². The van der Waals surface area contributed by atoms with Crippen LogP contribution < -0.4 is 10.6 Å². The number of nitrogens with one attached hydrogen (secondary N) is 2. The fourth-order valence-electron chi connectivity index (χ4n) is 1.95. The molecule has 16 heavy (non-hydrogen) atoms. The number of hydrogen-bond donors (Lipinski definition) is 2. The molecule has 0 bridgehead atoms. The Bertz CT molecular complexity index is 148. The highest BCUT2D eigenvalue weighted by atomic mass is 16.5. The molecule has 0 aliphatic carbocycles. The van der Waals surface area contributed by atoms with E-state index in [2.05, 4.69) is 10.6 Å². The van der Waals surface area contributed by atoms with Crippen molar-refractivity contribution in [1.29, 1.82) is 0 Å². The maximum atomic E-state index is 5.41. The Morgan fingerprint density at radius 3 is 3.00 bits per heavy atom. The highest BCUT2D eigenvalue weighted by molar-refractivity contribution is 4.72. The van der Waals surface area contributed by atoms with Crippen LogP contribution in [0.2, 0.25) is 0 Å². The van der Waals surface area contributed by atoms with Crippen molar-refractivity contribution >= 4 is 0 Å². The van der Waals surface area contributed by atoms with Gasteiger partial charge in [-0.15, -0.1) is 0 Å². The largest absolute Gasteiger partial charge is 0.382 e. The van der Waals surface area contributed by atoms with Crippen molar-refractivity contribution in [3.8, 4) is 0 Å². The highest BCUT2D eigenvalue weighted by Gasteiger charge is 2.09. The molecule has 96 valence electrons. The second kappa shape index (κ2) is 10.0. The highest BCUT2D eigenvalue weighted by Crippen LogP contribution is 2.04. The van der Waals surface area contributed by atoms with Crippen LogP contribution in [0.1, 0.15) is 25.7 Å². The lowest BCUT2D eigenvalue weighted by molar-refractivity contribution is 0.0692. The van der Waals surface area contributed by atoms with Crippen molar-refractivity contribution < 1.29 is 9.47 Å². The predicted molar refractivity (Wildman–Crippen MR) is 65.8 cm³/mol. The van der Waals surface area contributed by atoms with E-state index in [-0.39, 0.29) is 0 Å². The molecule has 1 atom stereocenters. The lowest BCUT2D eigenvalue weighted by Gasteiger charge is -2.15. The normalized spacial score (nSPS) is 21.9. The van der Waals surface area contributed by atoms with Gasteiger partial charge >= 0.3 is 0 Å². The Hall–Kier alpha value is -0.160. The van der Waals surface area contributed by atoms with Crippen LogP contribution in [0.3, 0.4) is 0 Å². The molecule has 4 nitrogen and oxygen atoms in total. The van der Waals surface area contributed by atoms with Crippen molar-refractivity contribution in [3.63, 3.8) is 0 Å². The molecule has 1 saturated heterocycles. The summed E-state index contributed by atoms with van der Waals surface area (Å²) in [6, 6.07) is 0.703. The van der Waals surface area contributed by atoms with Crippen LogP contribution in [0.25, 0.3) is 0 Å². The lowest BCUT2D eigenvalue weighted by Crippen LogP contribution is -2.31. The topological polar surface area (TPSA) is 42.5 Å². The van der Waals surface area contributed by atoms with Gasteiger partial charge in [-0.2, -0.15) is 0 Å². The summed E-state index contributed by atoms with van der Waals surface area (Å²) < 4.78 is 10.3. The molecule has 2 N–H and O–H groups in total. The Balaban J connectivity index is 1.86. The van der Waals surface area contributed by atoms with Gasteiger partial charge in [-0.25, -0.2) is 0 Å². The van der Waals surface area contributed by atoms with Gasteiger partial charge in [-0.3, -0.25) is 0 Å². The third-order valence-corrected chi connectivity index (χ3v) is 2.91. The number of ether oxygens (including phenoxy) is 2. The van der Waals surface area contributed by atoms with Crippen LogP contribution in [0.5, 0.6) is 0 Å². The Morgan fingerprint density at radius 2 is 2.12 bits per heavy atom. The van der Waals surface area contributed by atoms with Gasteiger partial charge in [-0.05, 0) is 45.3 Å². The average Bonchev–Trinajstić information content (AvgIpc) is 2.56. The predicted octanol–water partition coefficient (Wildman–Crippen LogP) is 0.771. The van der Waals surface area contributed by atoms with Crippen molar-refractivity contribution in [2.45, 2.75) is 31.7 Å². The zero-order valence-electron chi connectivity index (χ0n) is 10.5. The summed E-state index contributed by atoms with van der Waals surface area (Å²) in [5, 5.41) is 7.02. The first kappa shape index (κ1) is 13.9. The van der Waals surface area contributed by atoms with Crippen LogP contribution in [-0.2, 0) is 9.47 Å².